The van der Waals surface area contributed by atoms with Crippen LogP contribution in [0.3, 0.4) is 0 Å². The molecule has 3 heteroatoms. The van der Waals surface area contributed by atoms with Crippen molar-refractivity contribution in [3.05, 3.63) is 71.3 Å². The van der Waals surface area contributed by atoms with Crippen LogP contribution in [0.15, 0.2) is 54.6 Å². The maximum atomic E-state index is 12.6. The average molecular weight is 279 g/mol. The van der Waals surface area contributed by atoms with Gasteiger partial charge in [0.25, 0.3) is 5.91 Å². The number of nitrogens with zero attached hydrogens (tertiary/aromatic N) is 1. The number of rotatable bonds is 2. The first-order valence-corrected chi connectivity index (χ1v) is 6.98. The Morgan fingerprint density at radius 2 is 1.81 bits per heavy atom. The zero-order valence-electron chi connectivity index (χ0n) is 12.1. The Balaban J connectivity index is 2.14. The number of aliphatic hydroxyl groups is 1. The maximum absolute atomic E-state index is 12.6. The predicted octanol–water partition coefficient (Wildman–Crippen LogP) is 3.76. The van der Waals surface area contributed by atoms with E-state index in [0.29, 0.717) is 11.1 Å². The molecule has 0 aliphatic carbocycles. The second-order valence-electron chi connectivity index (χ2n) is 5.12. The number of hydrogen-bond acceptors (Lipinski definition) is 2. The fourth-order valence-corrected chi connectivity index (χ4v) is 2.71. The minimum Gasteiger partial charge on any atom is -0.369 e. The monoisotopic (exact) mass is 279 g/mol. The van der Waals surface area contributed by atoms with E-state index in [9.17, 15) is 9.90 Å². The lowest BCUT2D eigenvalue weighted by atomic mass is 10.0. The zero-order chi connectivity index (χ0) is 15.0. The van der Waals surface area contributed by atoms with Gasteiger partial charge in [0, 0.05) is 16.7 Å². The highest BCUT2D eigenvalue weighted by Crippen LogP contribution is 2.38. The summed E-state index contributed by atoms with van der Waals surface area (Å²) in [5.41, 5.74) is 4.00. The zero-order valence-corrected chi connectivity index (χ0v) is 12.1. The molecular formula is C18H17NO2. The first-order chi connectivity index (χ1) is 10.1. The lowest BCUT2D eigenvalue weighted by molar-refractivity contribution is 0.0935. The molecule has 106 valence electrons. The molecule has 21 heavy (non-hydrogen) atoms. The van der Waals surface area contributed by atoms with Crippen LogP contribution in [0.5, 0.6) is 0 Å². The number of para-hydroxylation sites is 1. The second kappa shape index (κ2) is 5.19. The third kappa shape index (κ3) is 2.06. The van der Waals surface area contributed by atoms with Gasteiger partial charge in [0.1, 0.15) is 0 Å². The molecular weight excluding hydrogens is 262 g/mol. The van der Waals surface area contributed by atoms with Gasteiger partial charge in [-0.15, -0.1) is 0 Å². The van der Waals surface area contributed by atoms with Gasteiger partial charge in [-0.05, 0) is 31.6 Å². The summed E-state index contributed by atoms with van der Waals surface area (Å²) >= 11 is 0. The fraction of sp³-hybridized carbons (Fsp3) is 0.167. The Hall–Kier alpha value is -2.39. The van der Waals surface area contributed by atoms with Crippen molar-refractivity contribution in [1.82, 2.24) is 0 Å². The molecule has 0 aromatic heterocycles. The van der Waals surface area contributed by atoms with E-state index in [0.717, 1.165) is 16.8 Å². The van der Waals surface area contributed by atoms with Crippen LogP contribution in [0.2, 0.25) is 0 Å². The van der Waals surface area contributed by atoms with E-state index in [2.05, 4.69) is 0 Å². The van der Waals surface area contributed by atoms with E-state index in [-0.39, 0.29) is 5.91 Å². The van der Waals surface area contributed by atoms with Gasteiger partial charge in [-0.1, -0.05) is 42.5 Å². The molecule has 0 fully saturated rings. The molecule has 1 aliphatic rings. The van der Waals surface area contributed by atoms with Gasteiger partial charge in [-0.3, -0.25) is 9.69 Å². The third-order valence-electron chi connectivity index (χ3n) is 3.95. The van der Waals surface area contributed by atoms with Gasteiger partial charge < -0.3 is 5.11 Å². The highest BCUT2D eigenvalue weighted by Gasteiger charge is 2.37. The number of allylic oxidation sites excluding steroid dienone is 2. The van der Waals surface area contributed by atoms with Crippen molar-refractivity contribution in [1.29, 1.82) is 0 Å². The molecule has 0 radical (unpaired) electrons. The lowest BCUT2D eigenvalue weighted by Gasteiger charge is -2.24. The van der Waals surface area contributed by atoms with Crippen molar-refractivity contribution in [2.45, 2.75) is 20.1 Å². The normalized spacial score (nSPS) is 18.0. The number of carbonyl (C=O) groups excluding carboxylic acids is 1. The van der Waals surface area contributed by atoms with Crippen molar-refractivity contribution >= 4 is 17.2 Å². The summed E-state index contributed by atoms with van der Waals surface area (Å²) in [4.78, 5) is 14.1. The minimum absolute atomic E-state index is 0.158. The highest BCUT2D eigenvalue weighted by molar-refractivity contribution is 6.11. The molecule has 2 aromatic rings. The molecule has 0 saturated carbocycles. The molecule has 1 atom stereocenters. The Morgan fingerprint density at radius 3 is 2.52 bits per heavy atom. The van der Waals surface area contributed by atoms with Crippen molar-refractivity contribution in [3.63, 3.8) is 0 Å². The summed E-state index contributed by atoms with van der Waals surface area (Å²) in [6.07, 6.45) is 1.07. The highest BCUT2D eigenvalue weighted by atomic mass is 16.3. The van der Waals surface area contributed by atoms with Crippen LogP contribution in [0.1, 0.15) is 41.6 Å². The summed E-state index contributed by atoms with van der Waals surface area (Å²) in [6.45, 7) is 3.96. The van der Waals surface area contributed by atoms with E-state index in [1.807, 2.05) is 56.3 Å². The number of benzene rings is 2. The minimum atomic E-state index is -0.931. The molecule has 3 nitrogen and oxygen atoms in total. The van der Waals surface area contributed by atoms with E-state index in [1.54, 1.807) is 12.1 Å². The van der Waals surface area contributed by atoms with Gasteiger partial charge in [-0.25, -0.2) is 0 Å². The summed E-state index contributed by atoms with van der Waals surface area (Å²) in [5.74, 6) is -0.158. The Kier molecular flexibility index (Phi) is 3.35. The molecule has 1 N–H and O–H groups in total. The van der Waals surface area contributed by atoms with E-state index < -0.39 is 6.23 Å². The number of fused-ring (bicyclic) bond motifs is 1. The van der Waals surface area contributed by atoms with Gasteiger partial charge in [-0.2, -0.15) is 0 Å². The average Bonchev–Trinajstić information content (AvgIpc) is 2.78. The Morgan fingerprint density at radius 1 is 1.14 bits per heavy atom. The number of amides is 1. The molecule has 2 aromatic carbocycles. The van der Waals surface area contributed by atoms with Crippen molar-refractivity contribution < 1.29 is 9.90 Å². The molecule has 3 rings (SSSR count). The van der Waals surface area contributed by atoms with Crippen molar-refractivity contribution in [2.24, 2.45) is 0 Å². The summed E-state index contributed by atoms with van der Waals surface area (Å²) in [6, 6.07) is 14.9. The van der Waals surface area contributed by atoms with Gasteiger partial charge in [0.2, 0.25) is 0 Å². The maximum Gasteiger partial charge on any atom is 0.261 e. The lowest BCUT2D eigenvalue weighted by Crippen LogP contribution is -2.28. The summed E-state index contributed by atoms with van der Waals surface area (Å²) in [7, 11) is 0. The topological polar surface area (TPSA) is 40.5 Å². The van der Waals surface area contributed by atoms with Gasteiger partial charge >= 0.3 is 0 Å². The fourth-order valence-electron chi connectivity index (χ4n) is 2.71. The number of carbonyl (C=O) groups is 1. The van der Waals surface area contributed by atoms with Crippen LogP contribution in [-0.2, 0) is 0 Å². The van der Waals surface area contributed by atoms with Gasteiger partial charge in [0.05, 0.1) is 5.69 Å². The molecule has 1 amide bonds. The van der Waals surface area contributed by atoms with Crippen LogP contribution in [0.4, 0.5) is 5.69 Å². The van der Waals surface area contributed by atoms with E-state index in [4.69, 9.17) is 0 Å². The quantitative estimate of drug-likeness (QED) is 0.909. The predicted molar refractivity (Wildman–Crippen MR) is 84.0 cm³/mol. The first kappa shape index (κ1) is 13.6. The molecule has 1 unspecified atom stereocenters. The molecule has 0 saturated heterocycles. The third-order valence-corrected chi connectivity index (χ3v) is 3.95. The number of hydrogen-bond donors (Lipinski definition) is 1. The van der Waals surface area contributed by atoms with Crippen LogP contribution < -0.4 is 4.90 Å². The Bertz CT molecular complexity index is 734. The van der Waals surface area contributed by atoms with E-state index in [1.165, 1.54) is 4.90 Å². The summed E-state index contributed by atoms with van der Waals surface area (Å²) < 4.78 is 0. The Labute approximate surface area is 124 Å². The van der Waals surface area contributed by atoms with Crippen LogP contribution >= 0.6 is 0 Å². The van der Waals surface area contributed by atoms with Crippen molar-refractivity contribution in [2.75, 3.05) is 4.90 Å². The SMILES string of the molecule is C/C=C(/C)c1ccccc1N1C(=O)c2ccccc2C1O. The van der Waals surface area contributed by atoms with Crippen LogP contribution in [0.25, 0.3) is 5.57 Å². The molecule has 0 bridgehead atoms. The smallest absolute Gasteiger partial charge is 0.261 e. The molecule has 1 heterocycles. The molecule has 0 spiro atoms. The summed E-state index contributed by atoms with van der Waals surface area (Å²) in [5, 5.41) is 10.5. The number of anilines is 1. The van der Waals surface area contributed by atoms with Crippen LogP contribution in [-0.4, -0.2) is 11.0 Å². The largest absolute Gasteiger partial charge is 0.369 e. The second-order valence-corrected chi connectivity index (χ2v) is 5.12. The van der Waals surface area contributed by atoms with Crippen LogP contribution in [0, 0.1) is 0 Å². The van der Waals surface area contributed by atoms with E-state index >= 15 is 0 Å². The van der Waals surface area contributed by atoms with Crippen molar-refractivity contribution in [3.8, 4) is 0 Å². The molecule has 1 aliphatic heterocycles. The first-order valence-electron chi connectivity index (χ1n) is 6.98. The standard InChI is InChI=1S/C18H17NO2/c1-3-12(2)13-8-6-7-11-16(13)19-17(20)14-9-4-5-10-15(14)18(19)21/h3-11,17,20H,1-2H3/b12-3-. The number of aliphatic hydroxyl groups excluding tert-OH is 1. The van der Waals surface area contributed by atoms with Gasteiger partial charge in [0.15, 0.2) is 6.23 Å².